The van der Waals surface area contributed by atoms with Crippen LogP contribution in [-0.4, -0.2) is 86.8 Å². The maximum Gasteiger partial charge on any atom is 0.303 e. The number of aromatic nitrogens is 2. The number of aliphatic hydroxyl groups is 1. The summed E-state index contributed by atoms with van der Waals surface area (Å²) in [7, 11) is 0. The summed E-state index contributed by atoms with van der Waals surface area (Å²) in [5.41, 5.74) is 3.35. The maximum atomic E-state index is 12.2. The summed E-state index contributed by atoms with van der Waals surface area (Å²) in [6.07, 6.45) is -5.07. The monoisotopic (exact) mass is 835 g/mol. The molecule has 0 bridgehead atoms. The molecule has 2 aliphatic rings. The van der Waals surface area contributed by atoms with Crippen LogP contribution in [0, 0.1) is 0 Å². The fourth-order valence-corrected chi connectivity index (χ4v) is 7.00. The third kappa shape index (κ3) is 11.7. The molecule has 2 aliphatic heterocycles. The Morgan fingerprint density at radius 3 is 1.98 bits per heavy atom. The van der Waals surface area contributed by atoms with Crippen molar-refractivity contribution in [2.75, 3.05) is 6.61 Å². The van der Waals surface area contributed by atoms with Crippen LogP contribution in [0.1, 0.15) is 75.2 Å². The zero-order valence-corrected chi connectivity index (χ0v) is 33.4. The Hall–Kier alpha value is -4.16. The summed E-state index contributed by atoms with van der Waals surface area (Å²) in [4.78, 5) is 52.5. The summed E-state index contributed by atoms with van der Waals surface area (Å²) in [6, 6.07) is 15.1. The molecule has 0 aliphatic carbocycles. The molecule has 15 nitrogen and oxygen atoms in total. The topological polar surface area (TPSA) is 183 Å². The van der Waals surface area contributed by atoms with Gasteiger partial charge in [0.2, 0.25) is 0 Å². The van der Waals surface area contributed by atoms with Crippen molar-refractivity contribution in [3.05, 3.63) is 87.4 Å². The zero-order chi connectivity index (χ0) is 40.5. The normalized spacial score (nSPS) is 24.8. The van der Waals surface area contributed by atoms with Gasteiger partial charge in [0.15, 0.2) is 29.8 Å². The SMILES string of the molecule is CC(=O)OC[C@H]1O[C@@H](CC(=S)NCc2ccc(C3O[C@H](Cn4cnc(Cl)c4Cl)C[C@H](c4ccc(CO)cc4)O3)cc2)[C@H](OC(C)=O)[C@@H](OC(C)=O)[C@@H]1OC(C)=O. The van der Waals surface area contributed by atoms with E-state index in [2.05, 4.69) is 10.3 Å². The first kappa shape index (κ1) is 43.0. The molecule has 5 rings (SSSR count). The van der Waals surface area contributed by atoms with E-state index in [0.29, 0.717) is 29.7 Å². The van der Waals surface area contributed by atoms with E-state index in [1.54, 1.807) is 10.9 Å². The molecule has 3 heterocycles. The van der Waals surface area contributed by atoms with Crippen molar-refractivity contribution >= 4 is 64.3 Å². The number of ether oxygens (including phenoxy) is 7. The van der Waals surface area contributed by atoms with Crippen molar-refractivity contribution in [2.45, 2.75) is 109 Å². The molecule has 0 radical (unpaired) electrons. The molecule has 2 saturated heterocycles. The van der Waals surface area contributed by atoms with Gasteiger partial charge in [-0.1, -0.05) is 84.0 Å². The second-order valence-corrected chi connectivity index (χ2v) is 14.5. The Bertz CT molecular complexity index is 1860. The van der Waals surface area contributed by atoms with Crippen LogP contribution in [0.4, 0.5) is 0 Å². The lowest BCUT2D eigenvalue weighted by Gasteiger charge is -2.44. The van der Waals surface area contributed by atoms with Crippen LogP contribution in [0.25, 0.3) is 0 Å². The lowest BCUT2D eigenvalue weighted by Crippen LogP contribution is -2.62. The number of rotatable bonds is 14. The molecule has 2 aromatic carbocycles. The largest absolute Gasteiger partial charge is 0.463 e. The van der Waals surface area contributed by atoms with Crippen LogP contribution >= 0.6 is 35.4 Å². The fraction of sp³-hybridized carbons (Fsp3) is 0.474. The summed E-state index contributed by atoms with van der Waals surface area (Å²) in [5.74, 6) is -2.75. The number of hydrogen-bond acceptors (Lipinski definition) is 14. The van der Waals surface area contributed by atoms with Crippen LogP contribution in [0.15, 0.2) is 54.9 Å². The van der Waals surface area contributed by atoms with Gasteiger partial charge in [0.1, 0.15) is 24.0 Å². The third-order valence-electron chi connectivity index (χ3n) is 8.96. The number of imidazole rings is 1. The molecule has 0 amide bonds. The van der Waals surface area contributed by atoms with Gasteiger partial charge in [-0.15, -0.1) is 0 Å². The van der Waals surface area contributed by atoms with E-state index in [4.69, 9.17) is 68.6 Å². The molecule has 2 N–H and O–H groups in total. The third-order valence-corrected chi connectivity index (χ3v) is 10.0. The van der Waals surface area contributed by atoms with Crippen molar-refractivity contribution in [1.82, 2.24) is 14.9 Å². The molecule has 1 unspecified atom stereocenters. The standard InChI is InChI=1S/C38H43Cl2N3O12S/c1-20(45)49-18-31-34(51-22(3)47)35(52-23(4)48)33(50-21(2)46)30(54-31)14-32(56)41-15-24-5-11-27(12-6-24)38-53-28(16-43-19-42-36(39)37(43)40)13-29(55-38)26-9-7-25(17-44)8-10-26/h5-12,19,28-31,33-35,38,44H,13-18H2,1-4H3,(H,41,56)/t28-,29+,30-,31+,33-,34+,35+,38?/m0/s1. The first-order valence-electron chi connectivity index (χ1n) is 17.7. The Morgan fingerprint density at radius 2 is 1.41 bits per heavy atom. The molecule has 2 fully saturated rings. The molecule has 0 spiro atoms. The highest BCUT2D eigenvalue weighted by Gasteiger charge is 2.52. The van der Waals surface area contributed by atoms with Gasteiger partial charge in [0.05, 0.1) is 36.7 Å². The number of carbonyl (C=O) groups is 4. The van der Waals surface area contributed by atoms with Crippen molar-refractivity contribution in [3.63, 3.8) is 0 Å². The lowest BCUT2D eigenvalue weighted by atomic mass is 9.92. The molecule has 0 saturated carbocycles. The maximum absolute atomic E-state index is 12.2. The van der Waals surface area contributed by atoms with Gasteiger partial charge in [0.25, 0.3) is 0 Å². The van der Waals surface area contributed by atoms with E-state index in [-0.39, 0.29) is 37.0 Å². The summed E-state index contributed by atoms with van der Waals surface area (Å²) >= 11 is 18.1. The highest BCUT2D eigenvalue weighted by Crippen LogP contribution is 2.39. The predicted octanol–water partition coefficient (Wildman–Crippen LogP) is 4.86. The Balaban J connectivity index is 1.27. The van der Waals surface area contributed by atoms with Crippen LogP contribution in [-0.2, 0) is 72.0 Å². The lowest BCUT2D eigenvalue weighted by molar-refractivity contribution is -0.252. The van der Waals surface area contributed by atoms with Gasteiger partial charge in [-0.25, -0.2) is 4.98 Å². The smallest absolute Gasteiger partial charge is 0.303 e. The Labute approximate surface area is 338 Å². The molecular formula is C38H43Cl2N3O12S. The van der Waals surface area contributed by atoms with E-state index in [1.165, 1.54) is 13.8 Å². The van der Waals surface area contributed by atoms with Gasteiger partial charge >= 0.3 is 23.9 Å². The second-order valence-electron chi connectivity index (χ2n) is 13.3. The number of hydrogen-bond donors (Lipinski definition) is 2. The predicted molar refractivity (Wildman–Crippen MR) is 203 cm³/mol. The Morgan fingerprint density at radius 1 is 0.821 bits per heavy atom. The minimum Gasteiger partial charge on any atom is -0.463 e. The number of benzene rings is 2. The summed E-state index contributed by atoms with van der Waals surface area (Å²) in [6.45, 7) is 4.99. The van der Waals surface area contributed by atoms with E-state index >= 15 is 0 Å². The average molecular weight is 837 g/mol. The molecule has 302 valence electrons. The van der Waals surface area contributed by atoms with E-state index in [0.717, 1.165) is 36.1 Å². The number of halogens is 2. The van der Waals surface area contributed by atoms with Gasteiger partial charge < -0.3 is 48.1 Å². The van der Waals surface area contributed by atoms with Crippen molar-refractivity contribution in [1.29, 1.82) is 0 Å². The van der Waals surface area contributed by atoms with E-state index in [1.807, 2.05) is 48.5 Å². The van der Waals surface area contributed by atoms with Crippen LogP contribution in [0.3, 0.4) is 0 Å². The fourth-order valence-electron chi connectivity index (χ4n) is 6.45. The second kappa shape index (κ2) is 19.8. The number of esters is 4. The minimum absolute atomic E-state index is 0.00441. The number of carbonyl (C=O) groups excluding carboxylic acids is 4. The minimum atomic E-state index is -1.28. The van der Waals surface area contributed by atoms with Crippen LogP contribution in [0.2, 0.25) is 10.3 Å². The van der Waals surface area contributed by atoms with Gasteiger partial charge in [0, 0.05) is 52.6 Å². The van der Waals surface area contributed by atoms with E-state index < -0.39 is 60.7 Å². The Kier molecular flexibility index (Phi) is 15.2. The molecule has 3 aromatic rings. The number of nitrogens with one attached hydrogen (secondary N) is 1. The van der Waals surface area contributed by atoms with Gasteiger partial charge in [-0.3, -0.25) is 19.2 Å². The number of thiocarbonyl (C=S) groups is 1. The zero-order valence-electron chi connectivity index (χ0n) is 31.1. The van der Waals surface area contributed by atoms with Crippen molar-refractivity contribution < 1.29 is 57.4 Å². The highest BCUT2D eigenvalue weighted by molar-refractivity contribution is 7.80. The van der Waals surface area contributed by atoms with Crippen molar-refractivity contribution in [3.8, 4) is 0 Å². The molecule has 56 heavy (non-hydrogen) atoms. The molecule has 18 heteroatoms. The average Bonchev–Trinajstić information content (AvgIpc) is 3.47. The number of aliphatic hydroxyl groups excluding tert-OH is 1. The first-order chi connectivity index (χ1) is 26.7. The highest BCUT2D eigenvalue weighted by atomic mass is 35.5. The van der Waals surface area contributed by atoms with E-state index in [9.17, 15) is 24.3 Å². The molecule has 8 atom stereocenters. The quantitative estimate of drug-likeness (QED) is 0.128. The summed E-state index contributed by atoms with van der Waals surface area (Å²) < 4.78 is 42.4. The molecule has 1 aromatic heterocycles. The van der Waals surface area contributed by atoms with Crippen molar-refractivity contribution in [2.24, 2.45) is 0 Å². The molecular weight excluding hydrogens is 793 g/mol. The number of nitrogens with zero attached hydrogens (tertiary/aromatic N) is 2. The van der Waals surface area contributed by atoms with Crippen LogP contribution < -0.4 is 5.32 Å². The van der Waals surface area contributed by atoms with Gasteiger partial charge in [-0.05, 0) is 16.7 Å². The summed E-state index contributed by atoms with van der Waals surface area (Å²) in [5, 5.41) is 13.2. The van der Waals surface area contributed by atoms with Crippen LogP contribution in [0.5, 0.6) is 0 Å². The first-order valence-corrected chi connectivity index (χ1v) is 18.9. The van der Waals surface area contributed by atoms with Gasteiger partial charge in [-0.2, -0.15) is 0 Å².